The van der Waals surface area contributed by atoms with Crippen LogP contribution in [0.2, 0.25) is 0 Å². The van der Waals surface area contributed by atoms with Gasteiger partial charge in [-0.3, -0.25) is 14.4 Å². The molecule has 45 heavy (non-hydrogen) atoms. The summed E-state index contributed by atoms with van der Waals surface area (Å²) in [5.74, 6) is -1.52. The minimum Gasteiger partial charge on any atom is -0.494 e. The Kier molecular flexibility index (Phi) is 7.24. The number of likely N-dealkylation sites (tertiary alicyclic amines) is 1. The molecule has 1 aromatic heterocycles. The van der Waals surface area contributed by atoms with Crippen molar-refractivity contribution in [1.29, 1.82) is 0 Å². The highest BCUT2D eigenvalue weighted by Crippen LogP contribution is 2.66. The third kappa shape index (κ3) is 4.48. The van der Waals surface area contributed by atoms with Crippen molar-refractivity contribution in [1.82, 2.24) is 24.8 Å². The number of aliphatic hydroxyl groups excluding tert-OH is 1. The Labute approximate surface area is 265 Å². The first kappa shape index (κ1) is 29.5. The molecular formula is C33H36N6O5S. The molecule has 5 heterocycles. The molecule has 1 unspecified atom stereocenters. The van der Waals surface area contributed by atoms with Crippen molar-refractivity contribution < 1.29 is 24.2 Å². The second kappa shape index (κ2) is 11.0. The van der Waals surface area contributed by atoms with Crippen LogP contribution in [0.4, 0.5) is 5.69 Å². The lowest BCUT2D eigenvalue weighted by molar-refractivity contribution is -0.146. The third-order valence-corrected chi connectivity index (χ3v) is 11.3. The van der Waals surface area contributed by atoms with Crippen LogP contribution in [0.5, 0.6) is 5.75 Å². The summed E-state index contributed by atoms with van der Waals surface area (Å²) in [7, 11) is 0. The number of aliphatic hydroxyl groups is 1. The number of rotatable bonds is 7. The number of carbonyl (C=O) groups is 3. The van der Waals surface area contributed by atoms with Gasteiger partial charge in [0, 0.05) is 23.5 Å². The van der Waals surface area contributed by atoms with E-state index in [1.807, 2.05) is 86.7 Å². The molecule has 0 radical (unpaired) electrons. The number of para-hydroxylation sites is 1. The molecule has 2 aromatic carbocycles. The van der Waals surface area contributed by atoms with Crippen molar-refractivity contribution in [3.05, 3.63) is 72.8 Å². The minimum atomic E-state index is -1.02. The molecule has 0 saturated carbocycles. The van der Waals surface area contributed by atoms with E-state index in [9.17, 15) is 19.5 Å². The Morgan fingerprint density at radius 3 is 2.51 bits per heavy atom. The number of aromatic nitrogens is 3. The van der Waals surface area contributed by atoms with Gasteiger partial charge in [-0.1, -0.05) is 41.7 Å². The Bertz CT molecular complexity index is 1720. The van der Waals surface area contributed by atoms with Gasteiger partial charge in [-0.05, 0) is 57.2 Å². The molecule has 7 rings (SSSR count). The van der Waals surface area contributed by atoms with Crippen LogP contribution in [0.15, 0.2) is 72.8 Å². The first-order chi connectivity index (χ1) is 21.7. The van der Waals surface area contributed by atoms with Gasteiger partial charge in [-0.15, -0.1) is 16.9 Å². The molecule has 1 spiro atoms. The number of hydrogen-bond donors (Lipinski definition) is 1. The summed E-state index contributed by atoms with van der Waals surface area (Å²) in [6, 6.07) is 13.4. The van der Waals surface area contributed by atoms with E-state index in [-0.39, 0.29) is 31.0 Å². The fourth-order valence-corrected chi connectivity index (χ4v) is 9.65. The van der Waals surface area contributed by atoms with Gasteiger partial charge in [0.15, 0.2) is 0 Å². The molecule has 3 amide bonds. The van der Waals surface area contributed by atoms with E-state index in [0.717, 1.165) is 11.0 Å². The Morgan fingerprint density at radius 2 is 1.76 bits per heavy atom. The number of amides is 3. The molecule has 6 atom stereocenters. The number of thioether (sulfide) groups is 1. The largest absolute Gasteiger partial charge is 0.494 e. The first-order valence-electron chi connectivity index (χ1n) is 15.3. The maximum Gasteiger partial charge on any atom is 0.248 e. The molecule has 2 saturated heterocycles. The Morgan fingerprint density at radius 1 is 1.00 bits per heavy atom. The zero-order chi connectivity index (χ0) is 31.5. The lowest BCUT2D eigenvalue weighted by Gasteiger charge is -2.38. The summed E-state index contributed by atoms with van der Waals surface area (Å²) >= 11 is 1.52. The fraction of sp³-hybridized carbons (Fsp3) is 0.424. The second-order valence-electron chi connectivity index (χ2n) is 12.2. The van der Waals surface area contributed by atoms with Crippen molar-refractivity contribution in [3.63, 3.8) is 0 Å². The van der Waals surface area contributed by atoms with Crippen LogP contribution >= 0.6 is 11.8 Å². The average Bonchev–Trinajstić information content (AvgIpc) is 3.57. The van der Waals surface area contributed by atoms with E-state index in [1.54, 1.807) is 21.4 Å². The molecule has 2 fully saturated rings. The van der Waals surface area contributed by atoms with Gasteiger partial charge in [0.05, 0.1) is 41.4 Å². The number of nitrogens with zero attached hydrogens (tertiary/aromatic N) is 6. The van der Waals surface area contributed by atoms with Crippen molar-refractivity contribution in [2.75, 3.05) is 31.2 Å². The monoisotopic (exact) mass is 628 g/mol. The topological polar surface area (TPSA) is 121 Å². The SMILES string of the molecule is CCOc1ccc(N2CC=C[C@]3(C)S[C@]45C=CCN(Cn6nnc7ccccc76)C(=O)C4N([C@H](C)CO)C(=O)[C@@H]5[C@@H]3C2=O)cc1. The van der Waals surface area contributed by atoms with Gasteiger partial charge >= 0.3 is 0 Å². The van der Waals surface area contributed by atoms with E-state index in [2.05, 4.69) is 10.3 Å². The van der Waals surface area contributed by atoms with Gasteiger partial charge in [0.2, 0.25) is 17.7 Å². The number of carbonyl (C=O) groups excluding carboxylic acids is 3. The second-order valence-corrected chi connectivity index (χ2v) is 14.0. The van der Waals surface area contributed by atoms with E-state index < -0.39 is 33.4 Å². The summed E-state index contributed by atoms with van der Waals surface area (Å²) in [6.07, 6.45) is 7.93. The molecule has 0 bridgehead atoms. The molecule has 4 aliphatic heterocycles. The van der Waals surface area contributed by atoms with Gasteiger partial charge in [-0.2, -0.15) is 0 Å². The fourth-order valence-electron chi connectivity index (χ4n) is 7.50. The van der Waals surface area contributed by atoms with E-state index in [1.165, 1.54) is 16.7 Å². The summed E-state index contributed by atoms with van der Waals surface area (Å²) < 4.78 is 5.52. The van der Waals surface area contributed by atoms with Crippen molar-refractivity contribution in [2.45, 2.75) is 49.0 Å². The first-order valence-corrected chi connectivity index (χ1v) is 16.1. The predicted molar refractivity (Wildman–Crippen MR) is 170 cm³/mol. The summed E-state index contributed by atoms with van der Waals surface area (Å²) in [4.78, 5) is 48.7. The van der Waals surface area contributed by atoms with Crippen LogP contribution in [-0.4, -0.2) is 95.5 Å². The number of fused-ring (bicyclic) bond motifs is 3. The average molecular weight is 629 g/mol. The molecule has 12 heteroatoms. The highest BCUT2D eigenvalue weighted by atomic mass is 32.2. The lowest BCUT2D eigenvalue weighted by Crippen LogP contribution is -2.56. The smallest absolute Gasteiger partial charge is 0.248 e. The lowest BCUT2D eigenvalue weighted by atomic mass is 9.74. The van der Waals surface area contributed by atoms with Crippen LogP contribution in [0.1, 0.15) is 20.8 Å². The number of anilines is 1. The predicted octanol–water partition coefficient (Wildman–Crippen LogP) is 2.86. The summed E-state index contributed by atoms with van der Waals surface area (Å²) in [5, 5.41) is 18.8. The summed E-state index contributed by atoms with van der Waals surface area (Å²) in [5.41, 5.74) is 2.23. The zero-order valence-electron chi connectivity index (χ0n) is 25.4. The maximum atomic E-state index is 14.6. The normalized spacial score (nSPS) is 29.9. The van der Waals surface area contributed by atoms with E-state index in [0.29, 0.717) is 31.1 Å². The van der Waals surface area contributed by atoms with E-state index in [4.69, 9.17) is 4.74 Å². The van der Waals surface area contributed by atoms with Crippen LogP contribution < -0.4 is 9.64 Å². The van der Waals surface area contributed by atoms with E-state index >= 15 is 0 Å². The van der Waals surface area contributed by atoms with Crippen LogP contribution in [0.25, 0.3) is 11.0 Å². The van der Waals surface area contributed by atoms with Crippen LogP contribution in [-0.2, 0) is 21.1 Å². The molecule has 0 aliphatic carbocycles. The van der Waals surface area contributed by atoms with Crippen LogP contribution in [0, 0.1) is 11.8 Å². The molecule has 11 nitrogen and oxygen atoms in total. The van der Waals surface area contributed by atoms with Gasteiger partial charge in [0.25, 0.3) is 0 Å². The van der Waals surface area contributed by atoms with Crippen molar-refractivity contribution in [3.8, 4) is 5.75 Å². The standard InChI is InChI=1S/C33H36N6O5S/c1-4-44-23-13-11-22(12-14-23)37-18-7-15-32(3)26(29(37)41)27-30(42)39(21(2)19-40)28-31(43)36(17-8-16-33(27,28)45-32)20-38-25-10-6-5-9-24(25)34-35-38/h5-16,21,26-28,40H,4,17-20H2,1-3H3/t21-,26-,27+,28?,32+,33+/m1/s1. The zero-order valence-corrected chi connectivity index (χ0v) is 26.3. The Balaban J connectivity index is 1.28. The van der Waals surface area contributed by atoms with Gasteiger partial charge in [-0.25, -0.2) is 4.68 Å². The van der Waals surface area contributed by atoms with Gasteiger partial charge < -0.3 is 24.5 Å². The van der Waals surface area contributed by atoms with Crippen LogP contribution in [0.3, 0.4) is 0 Å². The maximum absolute atomic E-state index is 14.6. The molecule has 234 valence electrons. The summed E-state index contributed by atoms with van der Waals surface area (Å²) in [6.45, 7) is 6.70. The van der Waals surface area contributed by atoms with Gasteiger partial charge in [0.1, 0.15) is 24.0 Å². The molecule has 1 N–H and O–H groups in total. The third-order valence-electron chi connectivity index (χ3n) is 9.50. The Hall–Kier alpha value is -4.16. The van der Waals surface area contributed by atoms with Crippen molar-refractivity contribution in [2.24, 2.45) is 11.8 Å². The number of hydrogen-bond acceptors (Lipinski definition) is 8. The molecule has 4 aliphatic rings. The highest BCUT2D eigenvalue weighted by molar-refractivity contribution is 8.02. The number of ether oxygens (including phenoxy) is 1. The highest BCUT2D eigenvalue weighted by Gasteiger charge is 2.74. The molecular weight excluding hydrogens is 592 g/mol. The quantitative estimate of drug-likeness (QED) is 0.397. The number of benzene rings is 2. The minimum absolute atomic E-state index is 0.145. The molecule has 3 aromatic rings. The van der Waals surface area contributed by atoms with Crippen molar-refractivity contribution >= 4 is 46.2 Å².